The van der Waals surface area contributed by atoms with E-state index >= 15 is 0 Å². The molecular formula is C18H25N3O3S. The van der Waals surface area contributed by atoms with Gasteiger partial charge < -0.3 is 10.1 Å². The first-order valence-corrected chi connectivity index (χ1v) is 10.9. The zero-order valence-electron chi connectivity index (χ0n) is 14.6. The third kappa shape index (κ3) is 3.59. The highest BCUT2D eigenvalue weighted by atomic mass is 32.2. The molecule has 1 aromatic heterocycles. The summed E-state index contributed by atoms with van der Waals surface area (Å²) in [6.45, 7) is 3.11. The van der Waals surface area contributed by atoms with Gasteiger partial charge in [-0.05, 0) is 49.9 Å². The van der Waals surface area contributed by atoms with Crippen molar-refractivity contribution in [3.63, 3.8) is 0 Å². The maximum Gasteiger partial charge on any atom is 0.211 e. The average molecular weight is 363 g/mol. The van der Waals surface area contributed by atoms with Crippen LogP contribution in [0.2, 0.25) is 0 Å². The molecule has 0 aromatic carbocycles. The number of ether oxygens (including phenoxy) is 1. The van der Waals surface area contributed by atoms with Crippen molar-refractivity contribution in [1.82, 2.24) is 14.6 Å². The quantitative estimate of drug-likeness (QED) is 0.880. The number of fused-ring (bicyclic) bond motifs is 1. The van der Waals surface area contributed by atoms with Gasteiger partial charge in [-0.15, -0.1) is 0 Å². The summed E-state index contributed by atoms with van der Waals surface area (Å²) in [7, 11) is -3.12. The van der Waals surface area contributed by atoms with Crippen molar-refractivity contribution < 1.29 is 13.2 Å². The number of piperidine rings is 1. The largest absolute Gasteiger partial charge is 0.488 e. The van der Waals surface area contributed by atoms with Crippen LogP contribution in [0, 0.1) is 5.92 Å². The van der Waals surface area contributed by atoms with Crippen LogP contribution in [0.25, 0.3) is 5.57 Å². The van der Waals surface area contributed by atoms with E-state index in [4.69, 9.17) is 4.74 Å². The molecule has 1 N–H and O–H groups in total. The first-order valence-electron chi connectivity index (χ1n) is 9.01. The molecule has 3 aliphatic rings. The fraction of sp³-hybridized carbons (Fsp3) is 0.611. The molecule has 0 amide bonds. The lowest BCUT2D eigenvalue weighted by Gasteiger charge is -2.27. The number of sulfonamides is 1. The van der Waals surface area contributed by atoms with Crippen LogP contribution in [0.5, 0.6) is 5.75 Å². The fourth-order valence-electron chi connectivity index (χ4n) is 4.01. The van der Waals surface area contributed by atoms with Gasteiger partial charge >= 0.3 is 0 Å². The molecule has 0 unspecified atom stereocenters. The zero-order chi connectivity index (χ0) is 17.4. The minimum atomic E-state index is -3.12. The highest BCUT2D eigenvalue weighted by Crippen LogP contribution is 2.35. The number of pyridine rings is 1. The lowest BCUT2D eigenvalue weighted by Crippen LogP contribution is -2.36. The molecule has 1 saturated heterocycles. The second-order valence-corrected chi connectivity index (χ2v) is 9.21. The molecule has 1 atom stereocenters. The normalized spacial score (nSPS) is 25.3. The van der Waals surface area contributed by atoms with Gasteiger partial charge in [-0.1, -0.05) is 6.08 Å². The van der Waals surface area contributed by atoms with Crippen LogP contribution in [-0.2, 0) is 16.4 Å². The predicted octanol–water partition coefficient (Wildman–Crippen LogP) is 1.43. The highest BCUT2D eigenvalue weighted by Gasteiger charge is 2.32. The number of hydrogen-bond acceptors (Lipinski definition) is 5. The van der Waals surface area contributed by atoms with Gasteiger partial charge in [0.2, 0.25) is 10.0 Å². The third-order valence-corrected chi connectivity index (χ3v) is 6.80. The van der Waals surface area contributed by atoms with Crippen molar-refractivity contribution in [3.05, 3.63) is 29.6 Å². The Hall–Kier alpha value is -1.44. The van der Waals surface area contributed by atoms with Gasteiger partial charge in [-0.2, -0.15) is 4.31 Å². The summed E-state index contributed by atoms with van der Waals surface area (Å²) < 4.78 is 30.9. The highest BCUT2D eigenvalue weighted by molar-refractivity contribution is 7.88. The van der Waals surface area contributed by atoms with Crippen LogP contribution in [0.4, 0.5) is 0 Å². The van der Waals surface area contributed by atoms with Crippen LogP contribution < -0.4 is 10.1 Å². The van der Waals surface area contributed by atoms with Crippen LogP contribution in [0.15, 0.2) is 18.3 Å². The molecule has 3 aliphatic heterocycles. The number of nitrogens with zero attached hydrogens (tertiary/aromatic N) is 2. The molecule has 0 spiro atoms. The molecule has 6 nitrogen and oxygen atoms in total. The number of nitrogens with one attached hydrogen (secondary N) is 1. The average Bonchev–Trinajstić information content (AvgIpc) is 3.05. The monoisotopic (exact) mass is 363 g/mol. The number of rotatable bonds is 3. The summed E-state index contributed by atoms with van der Waals surface area (Å²) in [6.07, 6.45) is 9.37. The van der Waals surface area contributed by atoms with Crippen molar-refractivity contribution in [2.75, 3.05) is 32.4 Å². The van der Waals surface area contributed by atoms with E-state index in [1.165, 1.54) is 29.0 Å². The number of aromatic nitrogens is 1. The molecule has 25 heavy (non-hydrogen) atoms. The maximum atomic E-state index is 11.6. The lowest BCUT2D eigenvalue weighted by atomic mass is 9.89. The fourth-order valence-corrected chi connectivity index (χ4v) is 4.78. The molecule has 0 bridgehead atoms. The summed E-state index contributed by atoms with van der Waals surface area (Å²) in [5, 5.41) is 3.40. The van der Waals surface area contributed by atoms with E-state index in [1.807, 2.05) is 12.3 Å². The molecule has 7 heteroatoms. The Morgan fingerprint density at radius 1 is 1.32 bits per heavy atom. The van der Waals surface area contributed by atoms with Crippen LogP contribution >= 0.6 is 0 Å². The number of hydrogen-bond donors (Lipinski definition) is 1. The Bertz CT molecular complexity index is 785. The second kappa shape index (κ2) is 6.70. The summed E-state index contributed by atoms with van der Waals surface area (Å²) >= 11 is 0. The molecule has 1 aromatic rings. The van der Waals surface area contributed by atoms with E-state index in [9.17, 15) is 8.42 Å². The minimum absolute atomic E-state index is 0.273. The van der Waals surface area contributed by atoms with Crippen LogP contribution in [0.1, 0.15) is 30.5 Å². The molecule has 0 aliphatic carbocycles. The Labute approximate surface area is 149 Å². The topological polar surface area (TPSA) is 71.5 Å². The van der Waals surface area contributed by atoms with E-state index in [0.717, 1.165) is 36.5 Å². The third-order valence-electron chi connectivity index (χ3n) is 5.53. The Kier molecular flexibility index (Phi) is 4.56. The zero-order valence-corrected chi connectivity index (χ0v) is 15.4. The summed E-state index contributed by atoms with van der Waals surface area (Å²) in [4.78, 5) is 4.57. The Morgan fingerprint density at radius 3 is 2.80 bits per heavy atom. The molecule has 0 radical (unpaired) electrons. The molecular weight excluding hydrogens is 338 g/mol. The van der Waals surface area contributed by atoms with Gasteiger partial charge in [-0.25, -0.2) is 8.42 Å². The van der Waals surface area contributed by atoms with Crippen molar-refractivity contribution in [1.29, 1.82) is 0 Å². The van der Waals surface area contributed by atoms with E-state index in [0.29, 0.717) is 25.4 Å². The van der Waals surface area contributed by atoms with Crippen LogP contribution in [-0.4, -0.2) is 56.2 Å². The molecule has 0 saturated carbocycles. The molecule has 4 rings (SSSR count). The van der Waals surface area contributed by atoms with Gasteiger partial charge in [0.1, 0.15) is 11.9 Å². The SMILES string of the molecule is CS(=O)(=O)N1CC=C(c2cc3c(cn2)O[C@H](C2CCNCC2)C3)CC1. The van der Waals surface area contributed by atoms with E-state index in [2.05, 4.69) is 16.4 Å². The van der Waals surface area contributed by atoms with Crippen molar-refractivity contribution in [2.24, 2.45) is 5.92 Å². The first kappa shape index (κ1) is 17.0. The van der Waals surface area contributed by atoms with E-state index in [-0.39, 0.29) is 6.10 Å². The first-order chi connectivity index (χ1) is 12.0. The van der Waals surface area contributed by atoms with E-state index < -0.39 is 10.0 Å². The van der Waals surface area contributed by atoms with E-state index in [1.54, 1.807) is 0 Å². The van der Waals surface area contributed by atoms with Crippen molar-refractivity contribution >= 4 is 15.6 Å². The summed E-state index contributed by atoms with van der Waals surface area (Å²) in [6, 6.07) is 2.14. The molecule has 136 valence electrons. The van der Waals surface area contributed by atoms with Gasteiger partial charge in [0.05, 0.1) is 18.1 Å². The molecule has 1 fully saturated rings. The lowest BCUT2D eigenvalue weighted by molar-refractivity contribution is 0.133. The van der Waals surface area contributed by atoms with Crippen LogP contribution in [0.3, 0.4) is 0 Å². The minimum Gasteiger partial charge on any atom is -0.488 e. The second-order valence-electron chi connectivity index (χ2n) is 7.23. The predicted molar refractivity (Wildman–Crippen MR) is 97.0 cm³/mol. The Balaban J connectivity index is 1.47. The smallest absolute Gasteiger partial charge is 0.211 e. The maximum absolute atomic E-state index is 11.6. The van der Waals surface area contributed by atoms with Crippen molar-refractivity contribution in [2.45, 2.75) is 31.8 Å². The summed E-state index contributed by atoms with van der Waals surface area (Å²) in [5.74, 6) is 1.54. The standard InChI is InChI=1S/C18H25N3O3S/c1-25(22,23)21-8-4-13(5-9-21)16-10-15-11-17(24-18(15)12-20-16)14-2-6-19-7-3-14/h4,10,12,14,17,19H,2-3,5-9,11H2,1H3/t17-/m0/s1. The van der Waals surface area contributed by atoms with Crippen molar-refractivity contribution in [3.8, 4) is 5.75 Å². The van der Waals surface area contributed by atoms with Gasteiger partial charge in [0.25, 0.3) is 0 Å². The Morgan fingerprint density at radius 2 is 2.12 bits per heavy atom. The summed E-state index contributed by atoms with van der Waals surface area (Å²) in [5.41, 5.74) is 3.33. The van der Waals surface area contributed by atoms with Gasteiger partial charge in [-0.3, -0.25) is 4.98 Å². The van der Waals surface area contributed by atoms with Gasteiger partial charge in [0.15, 0.2) is 0 Å². The molecule has 4 heterocycles. The van der Waals surface area contributed by atoms with Gasteiger partial charge in [0, 0.05) is 25.1 Å².